The number of nitrogens with one attached hydrogen (secondary N) is 1. The van der Waals surface area contributed by atoms with Gasteiger partial charge in [0.2, 0.25) is 5.91 Å². The normalized spacial score (nSPS) is 13.5. The predicted molar refractivity (Wildman–Crippen MR) is 211 cm³/mol. The fourth-order valence-corrected chi connectivity index (χ4v) is 6.03. The van der Waals surface area contributed by atoms with Gasteiger partial charge in [0.15, 0.2) is 0 Å². The maximum Gasteiger partial charge on any atom is 0.220 e. The van der Waals surface area contributed by atoms with E-state index in [0.717, 1.165) is 51.4 Å². The molecule has 0 aromatic heterocycles. The SMILES string of the molecule is CCCCCCC/C=C\CCCCCCCC(=O)NC(CO)C(O)/C=C/CC/C=C/CC/C=C/CCCCCCCCCCCCCC. The van der Waals surface area contributed by atoms with Gasteiger partial charge in [-0.1, -0.05) is 178 Å². The van der Waals surface area contributed by atoms with E-state index in [1.54, 1.807) is 6.08 Å². The van der Waals surface area contributed by atoms with Crippen LogP contribution in [0.4, 0.5) is 0 Å². The monoisotopic (exact) mass is 672 g/mol. The Morgan fingerprint density at radius 2 is 0.812 bits per heavy atom. The molecular weight excluding hydrogens is 590 g/mol. The van der Waals surface area contributed by atoms with Gasteiger partial charge in [-0.3, -0.25) is 4.79 Å². The molecular formula is C44H81NO3. The summed E-state index contributed by atoms with van der Waals surface area (Å²) in [5.41, 5.74) is 0. The molecule has 0 radical (unpaired) electrons. The van der Waals surface area contributed by atoms with Crippen LogP contribution in [0.2, 0.25) is 0 Å². The van der Waals surface area contributed by atoms with E-state index in [1.807, 2.05) is 6.08 Å². The zero-order valence-corrected chi connectivity index (χ0v) is 32.0. The van der Waals surface area contributed by atoms with Crippen LogP contribution < -0.4 is 5.32 Å². The Morgan fingerprint density at radius 3 is 1.21 bits per heavy atom. The second-order valence-electron chi connectivity index (χ2n) is 14.0. The molecule has 0 saturated carbocycles. The molecule has 4 heteroatoms. The number of allylic oxidation sites excluding steroid dienone is 7. The lowest BCUT2D eigenvalue weighted by molar-refractivity contribution is -0.123. The lowest BCUT2D eigenvalue weighted by Crippen LogP contribution is -2.45. The zero-order valence-electron chi connectivity index (χ0n) is 32.0. The van der Waals surface area contributed by atoms with Gasteiger partial charge < -0.3 is 15.5 Å². The van der Waals surface area contributed by atoms with E-state index < -0.39 is 12.1 Å². The summed E-state index contributed by atoms with van der Waals surface area (Å²) in [7, 11) is 0. The van der Waals surface area contributed by atoms with Crippen molar-refractivity contribution in [3.8, 4) is 0 Å². The highest BCUT2D eigenvalue weighted by Gasteiger charge is 2.17. The summed E-state index contributed by atoms with van der Waals surface area (Å²) in [6.45, 7) is 4.27. The van der Waals surface area contributed by atoms with Gasteiger partial charge in [0.25, 0.3) is 0 Å². The van der Waals surface area contributed by atoms with Crippen molar-refractivity contribution in [3.05, 3.63) is 48.6 Å². The Kier molecular flexibility index (Phi) is 38.4. The van der Waals surface area contributed by atoms with E-state index in [2.05, 4.69) is 55.6 Å². The van der Waals surface area contributed by atoms with Crippen LogP contribution in [0.1, 0.15) is 206 Å². The molecule has 2 unspecified atom stereocenters. The largest absolute Gasteiger partial charge is 0.394 e. The summed E-state index contributed by atoms with van der Waals surface area (Å²) in [6, 6.07) is -0.649. The fourth-order valence-electron chi connectivity index (χ4n) is 6.03. The highest BCUT2D eigenvalue weighted by molar-refractivity contribution is 5.76. The van der Waals surface area contributed by atoms with Crippen molar-refractivity contribution in [2.75, 3.05) is 6.61 Å². The summed E-state index contributed by atoms with van der Waals surface area (Å²) < 4.78 is 0. The number of rotatable bonds is 37. The lowest BCUT2D eigenvalue weighted by Gasteiger charge is -2.19. The molecule has 0 aromatic carbocycles. The molecule has 3 N–H and O–H groups in total. The Balaban J connectivity index is 3.67. The van der Waals surface area contributed by atoms with Gasteiger partial charge in [0, 0.05) is 6.42 Å². The van der Waals surface area contributed by atoms with Gasteiger partial charge in [-0.05, 0) is 70.6 Å². The lowest BCUT2D eigenvalue weighted by atomic mass is 10.0. The smallest absolute Gasteiger partial charge is 0.220 e. The van der Waals surface area contributed by atoms with Gasteiger partial charge >= 0.3 is 0 Å². The third kappa shape index (κ3) is 35.7. The molecule has 4 nitrogen and oxygen atoms in total. The molecule has 0 aromatic rings. The quantitative estimate of drug-likeness (QED) is 0.0455. The molecule has 0 fully saturated rings. The van der Waals surface area contributed by atoms with Crippen LogP contribution in [0.3, 0.4) is 0 Å². The van der Waals surface area contributed by atoms with Gasteiger partial charge in [0.1, 0.15) is 0 Å². The van der Waals surface area contributed by atoms with Crippen molar-refractivity contribution in [3.63, 3.8) is 0 Å². The third-order valence-corrected chi connectivity index (χ3v) is 9.26. The van der Waals surface area contributed by atoms with Crippen molar-refractivity contribution in [1.29, 1.82) is 0 Å². The molecule has 0 aliphatic rings. The predicted octanol–water partition coefficient (Wildman–Crippen LogP) is 12.8. The van der Waals surface area contributed by atoms with E-state index >= 15 is 0 Å². The average molecular weight is 672 g/mol. The summed E-state index contributed by atoms with van der Waals surface area (Å²) in [6.07, 6.45) is 53.6. The van der Waals surface area contributed by atoms with Crippen LogP contribution in [-0.4, -0.2) is 34.9 Å². The Hall–Kier alpha value is -1.65. The molecule has 0 aliphatic carbocycles. The molecule has 0 aliphatic heterocycles. The Morgan fingerprint density at radius 1 is 0.479 bits per heavy atom. The molecule has 0 spiro atoms. The molecule has 0 heterocycles. The van der Waals surface area contributed by atoms with E-state index in [-0.39, 0.29) is 12.5 Å². The second-order valence-corrected chi connectivity index (χ2v) is 14.0. The fraction of sp³-hybridized carbons (Fsp3) is 0.795. The molecule has 0 saturated heterocycles. The number of aliphatic hydroxyl groups is 2. The zero-order chi connectivity index (χ0) is 35.0. The van der Waals surface area contributed by atoms with Crippen molar-refractivity contribution in [2.24, 2.45) is 0 Å². The Bertz CT molecular complexity index is 771. The van der Waals surface area contributed by atoms with Gasteiger partial charge in [-0.15, -0.1) is 0 Å². The molecule has 280 valence electrons. The first-order valence-electron chi connectivity index (χ1n) is 20.9. The topological polar surface area (TPSA) is 69.6 Å². The number of aliphatic hydroxyl groups excluding tert-OH is 2. The van der Waals surface area contributed by atoms with Crippen LogP contribution in [0.25, 0.3) is 0 Å². The Labute approximate surface area is 299 Å². The minimum absolute atomic E-state index is 0.0885. The van der Waals surface area contributed by atoms with Crippen LogP contribution in [0.15, 0.2) is 48.6 Å². The number of hydrogen-bond donors (Lipinski definition) is 3. The first-order valence-corrected chi connectivity index (χ1v) is 20.9. The summed E-state index contributed by atoms with van der Waals surface area (Å²) in [5, 5.41) is 22.9. The summed E-state index contributed by atoms with van der Waals surface area (Å²) in [5.74, 6) is -0.0885. The van der Waals surface area contributed by atoms with Crippen molar-refractivity contribution < 1.29 is 15.0 Å². The van der Waals surface area contributed by atoms with Crippen molar-refractivity contribution in [2.45, 2.75) is 219 Å². The standard InChI is InChI=1S/C44H81NO3/c1-3-5-7-9-11-13-15-17-19-20-21-22-23-24-25-26-27-29-31-33-35-37-39-43(47)42(41-46)45-44(48)40-38-36-34-32-30-28-18-16-14-12-10-8-6-4-2/h16,18,24-25,29,31,37,39,42-43,46-47H,3-15,17,19-23,26-28,30,32-36,38,40-41H2,1-2H3,(H,45,48)/b18-16-,25-24+,31-29+,39-37+. The highest BCUT2D eigenvalue weighted by atomic mass is 16.3. The highest BCUT2D eigenvalue weighted by Crippen LogP contribution is 2.13. The van der Waals surface area contributed by atoms with Gasteiger partial charge in [-0.2, -0.15) is 0 Å². The molecule has 0 rings (SSSR count). The maximum atomic E-state index is 12.3. The van der Waals surface area contributed by atoms with Crippen LogP contribution in [0.5, 0.6) is 0 Å². The first-order chi connectivity index (χ1) is 23.7. The summed E-state index contributed by atoms with van der Waals surface area (Å²) in [4.78, 5) is 12.3. The minimum Gasteiger partial charge on any atom is -0.394 e. The average Bonchev–Trinajstić information content (AvgIpc) is 3.09. The number of unbranched alkanes of at least 4 members (excludes halogenated alkanes) is 24. The molecule has 2 atom stereocenters. The van der Waals surface area contributed by atoms with Gasteiger partial charge in [-0.25, -0.2) is 0 Å². The van der Waals surface area contributed by atoms with E-state index in [0.29, 0.717) is 6.42 Å². The number of carbonyl (C=O) groups is 1. The van der Waals surface area contributed by atoms with E-state index in [1.165, 1.54) is 135 Å². The van der Waals surface area contributed by atoms with Crippen LogP contribution in [-0.2, 0) is 4.79 Å². The second kappa shape index (κ2) is 39.8. The van der Waals surface area contributed by atoms with Crippen molar-refractivity contribution >= 4 is 5.91 Å². The number of carbonyl (C=O) groups excluding carboxylic acids is 1. The summed E-state index contributed by atoms with van der Waals surface area (Å²) >= 11 is 0. The third-order valence-electron chi connectivity index (χ3n) is 9.26. The van der Waals surface area contributed by atoms with Crippen molar-refractivity contribution in [1.82, 2.24) is 5.32 Å². The number of amides is 1. The minimum atomic E-state index is -0.873. The maximum absolute atomic E-state index is 12.3. The van der Waals surface area contributed by atoms with Gasteiger partial charge in [0.05, 0.1) is 18.8 Å². The molecule has 0 bridgehead atoms. The van der Waals surface area contributed by atoms with Crippen LogP contribution in [0, 0.1) is 0 Å². The number of hydrogen-bond acceptors (Lipinski definition) is 3. The molecule has 1 amide bonds. The first kappa shape index (κ1) is 46.4. The van der Waals surface area contributed by atoms with Crippen LogP contribution >= 0.6 is 0 Å². The van der Waals surface area contributed by atoms with E-state index in [4.69, 9.17) is 0 Å². The van der Waals surface area contributed by atoms with E-state index in [9.17, 15) is 15.0 Å². The molecule has 48 heavy (non-hydrogen) atoms.